The van der Waals surface area contributed by atoms with Crippen molar-refractivity contribution in [1.29, 1.82) is 0 Å². The Bertz CT molecular complexity index is 809. The largest absolute Gasteiger partial charge is 0.493 e. The van der Waals surface area contributed by atoms with E-state index in [-0.39, 0.29) is 31.2 Å². The van der Waals surface area contributed by atoms with Gasteiger partial charge in [0.25, 0.3) is 0 Å². The van der Waals surface area contributed by atoms with Gasteiger partial charge in [0.15, 0.2) is 11.6 Å². The van der Waals surface area contributed by atoms with Gasteiger partial charge in [-0.2, -0.15) is 0 Å². The fourth-order valence-electron chi connectivity index (χ4n) is 2.26. The molecule has 0 atom stereocenters. The van der Waals surface area contributed by atoms with E-state index in [1.54, 1.807) is 0 Å². The molecule has 0 spiro atoms. The topological polar surface area (TPSA) is 67.4 Å². The van der Waals surface area contributed by atoms with Gasteiger partial charge in [0.1, 0.15) is 5.75 Å². The molecule has 0 unspecified atom stereocenters. The second kappa shape index (κ2) is 8.94. The Balaban J connectivity index is 1.70. The lowest BCUT2D eigenvalue weighted by atomic mass is 10.1. The number of benzene rings is 2. The molecule has 2 rings (SSSR count). The Morgan fingerprint density at radius 2 is 1.77 bits per heavy atom. The molecule has 2 amide bonds. The summed E-state index contributed by atoms with van der Waals surface area (Å²) in [6, 6.07) is 8.76. The van der Waals surface area contributed by atoms with Crippen molar-refractivity contribution in [2.24, 2.45) is 0 Å². The van der Waals surface area contributed by atoms with Crippen molar-refractivity contribution in [2.75, 3.05) is 18.5 Å². The van der Waals surface area contributed by atoms with Crippen molar-refractivity contribution >= 4 is 17.5 Å². The van der Waals surface area contributed by atoms with Gasteiger partial charge in [0, 0.05) is 11.8 Å². The first-order chi connectivity index (χ1) is 12.3. The van der Waals surface area contributed by atoms with E-state index in [2.05, 4.69) is 10.6 Å². The molecule has 0 radical (unpaired) electrons. The predicted octanol–water partition coefficient (Wildman–Crippen LogP) is 3.11. The van der Waals surface area contributed by atoms with Gasteiger partial charge in [-0.15, -0.1) is 0 Å². The highest BCUT2D eigenvalue weighted by molar-refractivity contribution is 5.94. The van der Waals surface area contributed by atoms with Crippen molar-refractivity contribution in [3.8, 4) is 5.75 Å². The molecule has 2 N–H and O–H groups in total. The lowest BCUT2D eigenvalue weighted by Gasteiger charge is -2.10. The predicted molar refractivity (Wildman–Crippen MR) is 94.0 cm³/mol. The van der Waals surface area contributed by atoms with Crippen molar-refractivity contribution in [3.05, 3.63) is 59.2 Å². The van der Waals surface area contributed by atoms with E-state index in [9.17, 15) is 18.4 Å². The van der Waals surface area contributed by atoms with E-state index >= 15 is 0 Å². The van der Waals surface area contributed by atoms with E-state index in [1.165, 1.54) is 6.07 Å². The molecule has 2 aromatic rings. The van der Waals surface area contributed by atoms with Crippen LogP contribution >= 0.6 is 0 Å². The molecule has 0 saturated heterocycles. The van der Waals surface area contributed by atoms with Gasteiger partial charge in [-0.05, 0) is 37.6 Å². The van der Waals surface area contributed by atoms with E-state index in [0.717, 1.165) is 23.3 Å². The van der Waals surface area contributed by atoms with Crippen molar-refractivity contribution < 1.29 is 23.1 Å². The Morgan fingerprint density at radius 1 is 1.00 bits per heavy atom. The second-order valence-corrected chi connectivity index (χ2v) is 5.82. The maximum Gasteiger partial charge on any atom is 0.243 e. The SMILES string of the molecule is Cc1ccc(OCCC(=O)NCC(=O)Nc2ccc(F)c(F)c2)c(C)c1. The Labute approximate surface area is 150 Å². The fraction of sp³-hybridized carbons (Fsp3) is 0.263. The molecule has 0 aliphatic heterocycles. The molecular formula is C19H20F2N2O3. The molecule has 0 saturated carbocycles. The number of anilines is 1. The van der Waals surface area contributed by atoms with E-state index in [1.807, 2.05) is 32.0 Å². The standard InChI is InChI=1S/C19H20F2N2O3/c1-12-3-6-17(13(2)9-12)26-8-7-18(24)22-11-19(25)23-14-4-5-15(20)16(21)10-14/h3-6,9-10H,7-8,11H2,1-2H3,(H,22,24)(H,23,25). The van der Waals surface area contributed by atoms with E-state index in [0.29, 0.717) is 5.75 Å². The van der Waals surface area contributed by atoms with Crippen molar-refractivity contribution in [1.82, 2.24) is 5.32 Å². The number of hydrogen-bond acceptors (Lipinski definition) is 3. The van der Waals surface area contributed by atoms with Gasteiger partial charge >= 0.3 is 0 Å². The second-order valence-electron chi connectivity index (χ2n) is 5.82. The summed E-state index contributed by atoms with van der Waals surface area (Å²) in [6.07, 6.45) is 0.0891. The number of nitrogens with one attached hydrogen (secondary N) is 2. The zero-order chi connectivity index (χ0) is 19.1. The number of aryl methyl sites for hydroxylation is 2. The van der Waals surface area contributed by atoms with Gasteiger partial charge in [-0.3, -0.25) is 9.59 Å². The Hall–Kier alpha value is -2.96. The van der Waals surface area contributed by atoms with Crippen LogP contribution in [0.4, 0.5) is 14.5 Å². The molecular weight excluding hydrogens is 342 g/mol. The van der Waals surface area contributed by atoms with Gasteiger partial charge in [0.05, 0.1) is 19.6 Å². The number of amides is 2. The third-order valence-corrected chi connectivity index (χ3v) is 3.57. The summed E-state index contributed by atoms with van der Waals surface area (Å²) in [5.41, 5.74) is 2.22. The first kappa shape index (κ1) is 19.4. The minimum Gasteiger partial charge on any atom is -0.493 e. The maximum atomic E-state index is 13.1. The maximum absolute atomic E-state index is 13.1. The highest BCUT2D eigenvalue weighted by Gasteiger charge is 2.09. The summed E-state index contributed by atoms with van der Waals surface area (Å²) >= 11 is 0. The van der Waals surface area contributed by atoms with Gasteiger partial charge < -0.3 is 15.4 Å². The van der Waals surface area contributed by atoms with Crippen LogP contribution in [0, 0.1) is 25.5 Å². The fourth-order valence-corrected chi connectivity index (χ4v) is 2.26. The summed E-state index contributed by atoms with van der Waals surface area (Å²) in [4.78, 5) is 23.5. The quantitative estimate of drug-likeness (QED) is 0.795. The molecule has 0 aliphatic carbocycles. The Kier molecular flexibility index (Phi) is 6.66. The summed E-state index contributed by atoms with van der Waals surface area (Å²) in [5.74, 6) is -2.25. The van der Waals surface area contributed by atoms with Gasteiger partial charge in [0.2, 0.25) is 11.8 Å². The van der Waals surface area contributed by atoms with Crippen LogP contribution in [0.3, 0.4) is 0 Å². The number of carbonyl (C=O) groups is 2. The molecule has 5 nitrogen and oxygen atoms in total. The number of hydrogen-bond donors (Lipinski definition) is 2. The van der Waals surface area contributed by atoms with E-state index < -0.39 is 17.5 Å². The minimum atomic E-state index is -1.06. The van der Waals surface area contributed by atoms with Crippen molar-refractivity contribution in [2.45, 2.75) is 20.3 Å². The molecule has 138 valence electrons. The highest BCUT2D eigenvalue weighted by atomic mass is 19.2. The Morgan fingerprint density at radius 3 is 2.46 bits per heavy atom. The molecule has 0 aliphatic rings. The normalized spacial score (nSPS) is 10.3. The van der Waals surface area contributed by atoms with Gasteiger partial charge in [-0.1, -0.05) is 17.7 Å². The van der Waals surface area contributed by atoms with Crippen LogP contribution in [0.5, 0.6) is 5.75 Å². The highest BCUT2D eigenvalue weighted by Crippen LogP contribution is 2.18. The third kappa shape index (κ3) is 5.84. The lowest BCUT2D eigenvalue weighted by Crippen LogP contribution is -2.33. The molecule has 26 heavy (non-hydrogen) atoms. The molecule has 0 heterocycles. The molecule has 7 heteroatoms. The smallest absolute Gasteiger partial charge is 0.243 e. The molecule has 0 bridgehead atoms. The van der Waals surface area contributed by atoms with Crippen LogP contribution in [0.15, 0.2) is 36.4 Å². The monoisotopic (exact) mass is 362 g/mol. The third-order valence-electron chi connectivity index (χ3n) is 3.57. The van der Waals surface area contributed by atoms with Crippen LogP contribution in [0.25, 0.3) is 0 Å². The van der Waals surface area contributed by atoms with Crippen LogP contribution in [-0.2, 0) is 9.59 Å². The molecule has 2 aromatic carbocycles. The van der Waals surface area contributed by atoms with Crippen molar-refractivity contribution in [3.63, 3.8) is 0 Å². The average Bonchev–Trinajstić information content (AvgIpc) is 2.58. The number of halogens is 2. The first-order valence-electron chi connectivity index (χ1n) is 8.07. The average molecular weight is 362 g/mol. The van der Waals surface area contributed by atoms with Crippen LogP contribution in [-0.4, -0.2) is 25.0 Å². The summed E-state index contributed by atoms with van der Waals surface area (Å²) in [6.45, 7) is 3.81. The van der Waals surface area contributed by atoms with Crippen LogP contribution in [0.2, 0.25) is 0 Å². The number of carbonyl (C=O) groups excluding carboxylic acids is 2. The summed E-state index contributed by atoms with van der Waals surface area (Å²) in [5, 5.41) is 4.81. The molecule has 0 fully saturated rings. The lowest BCUT2D eigenvalue weighted by molar-refractivity contribution is -0.124. The van der Waals surface area contributed by atoms with Crippen LogP contribution in [0.1, 0.15) is 17.5 Å². The van der Waals surface area contributed by atoms with E-state index in [4.69, 9.17) is 4.74 Å². The summed E-state index contributed by atoms with van der Waals surface area (Å²) in [7, 11) is 0. The summed E-state index contributed by atoms with van der Waals surface area (Å²) < 4.78 is 31.4. The number of rotatable bonds is 7. The first-order valence-corrected chi connectivity index (χ1v) is 8.07. The number of ether oxygens (including phenoxy) is 1. The zero-order valence-corrected chi connectivity index (χ0v) is 14.6. The molecule has 0 aromatic heterocycles. The minimum absolute atomic E-state index is 0.0891. The van der Waals surface area contributed by atoms with Crippen LogP contribution < -0.4 is 15.4 Å². The van der Waals surface area contributed by atoms with Gasteiger partial charge in [-0.25, -0.2) is 8.78 Å². The zero-order valence-electron chi connectivity index (χ0n) is 14.6.